The van der Waals surface area contributed by atoms with Crippen LogP contribution in [0.2, 0.25) is 0 Å². The van der Waals surface area contributed by atoms with E-state index in [0.29, 0.717) is 11.8 Å². The van der Waals surface area contributed by atoms with Crippen LogP contribution in [0.3, 0.4) is 0 Å². The van der Waals surface area contributed by atoms with Gasteiger partial charge in [-0.05, 0) is 51.6 Å². The summed E-state index contributed by atoms with van der Waals surface area (Å²) in [6.07, 6.45) is 4.10. The number of benzene rings is 1. The summed E-state index contributed by atoms with van der Waals surface area (Å²) in [5.41, 5.74) is 1.80. The fourth-order valence-electron chi connectivity index (χ4n) is 4.69. The number of piperidine rings is 1. The van der Waals surface area contributed by atoms with Crippen LogP contribution in [0.25, 0.3) is 0 Å². The molecule has 2 heterocycles. The molecule has 1 aromatic rings. The van der Waals surface area contributed by atoms with Gasteiger partial charge in [0.2, 0.25) is 0 Å². The predicted molar refractivity (Wildman–Crippen MR) is 83.3 cm³/mol. The number of aromatic hydroxyl groups is 1. The van der Waals surface area contributed by atoms with Gasteiger partial charge >= 0.3 is 0 Å². The minimum Gasteiger partial charge on any atom is -0.504 e. The minimum atomic E-state index is -0.499. The largest absolute Gasteiger partial charge is 0.504 e. The van der Waals surface area contributed by atoms with Crippen LogP contribution in [0.5, 0.6) is 11.5 Å². The number of carbonyl (C=O) groups is 1. The summed E-state index contributed by atoms with van der Waals surface area (Å²) in [7, 11) is 2.13. The van der Waals surface area contributed by atoms with E-state index in [4.69, 9.17) is 4.74 Å². The fraction of sp³-hybridized carbons (Fsp3) is 0.500. The molecule has 4 rings (SSSR count). The third-order valence-electron chi connectivity index (χ3n) is 5.93. The number of phenols is 1. The number of fused-ring (bicyclic) bond motifs is 1. The SMILES string of the molecule is Cc1ccc(O)c2c1[C@]13CCN(C)C(C)C1C=CC(=O)[C@@H]3O2. The molecular formula is C18H21NO3. The summed E-state index contributed by atoms with van der Waals surface area (Å²) in [6, 6.07) is 3.92. The number of carbonyl (C=O) groups excluding carboxylic acids is 1. The predicted octanol–water partition coefficient (Wildman–Crippen LogP) is 2.18. The van der Waals surface area contributed by atoms with Crippen molar-refractivity contribution in [3.63, 3.8) is 0 Å². The van der Waals surface area contributed by atoms with Gasteiger partial charge in [-0.1, -0.05) is 12.1 Å². The Morgan fingerprint density at radius 1 is 1.41 bits per heavy atom. The molecule has 1 aromatic carbocycles. The standard InChI is InChI=1S/C18H21NO3/c1-10-4-6-13(20)16-15(10)18-8-9-19(3)11(2)12(18)5-7-14(21)17(18)22-16/h4-7,11-12,17,20H,8-9H2,1-3H3/t11?,12?,17-,18-/m0/s1. The first-order chi connectivity index (χ1) is 10.5. The number of rotatable bonds is 0. The Hall–Kier alpha value is -1.81. The van der Waals surface area contributed by atoms with E-state index in [-0.39, 0.29) is 22.9 Å². The molecule has 0 amide bonds. The zero-order chi connectivity index (χ0) is 15.6. The third kappa shape index (κ3) is 1.48. The Morgan fingerprint density at radius 3 is 2.95 bits per heavy atom. The van der Waals surface area contributed by atoms with Gasteiger partial charge in [-0.25, -0.2) is 0 Å². The molecule has 22 heavy (non-hydrogen) atoms. The van der Waals surface area contributed by atoms with Crippen LogP contribution >= 0.6 is 0 Å². The second kappa shape index (κ2) is 4.35. The number of hydrogen-bond acceptors (Lipinski definition) is 4. The lowest BCUT2D eigenvalue weighted by Gasteiger charge is -2.51. The van der Waals surface area contributed by atoms with Gasteiger partial charge in [0.05, 0.1) is 5.41 Å². The summed E-state index contributed by atoms with van der Waals surface area (Å²) in [5, 5.41) is 10.2. The number of hydrogen-bond donors (Lipinski definition) is 1. The Kier molecular flexibility index (Phi) is 2.74. The van der Waals surface area contributed by atoms with Gasteiger partial charge in [0, 0.05) is 17.5 Å². The van der Waals surface area contributed by atoms with Gasteiger partial charge in [-0.15, -0.1) is 0 Å². The lowest BCUT2D eigenvalue weighted by atomic mass is 9.57. The van der Waals surface area contributed by atoms with E-state index in [1.807, 2.05) is 13.0 Å². The maximum atomic E-state index is 12.5. The fourth-order valence-corrected chi connectivity index (χ4v) is 4.69. The summed E-state index contributed by atoms with van der Waals surface area (Å²) >= 11 is 0. The average Bonchev–Trinajstić information content (AvgIpc) is 2.85. The maximum absolute atomic E-state index is 12.5. The molecule has 2 aliphatic heterocycles. The van der Waals surface area contributed by atoms with Crippen LogP contribution in [0.4, 0.5) is 0 Å². The highest BCUT2D eigenvalue weighted by Crippen LogP contribution is 2.58. The molecule has 0 saturated carbocycles. The lowest BCUT2D eigenvalue weighted by Crippen LogP contribution is -2.60. The van der Waals surface area contributed by atoms with E-state index >= 15 is 0 Å². The molecule has 2 unspecified atom stereocenters. The van der Waals surface area contributed by atoms with Crippen molar-refractivity contribution in [3.05, 3.63) is 35.4 Å². The second-order valence-corrected chi connectivity index (χ2v) is 6.90. The molecule has 1 fully saturated rings. The monoisotopic (exact) mass is 299 g/mol. The molecule has 0 radical (unpaired) electrons. The zero-order valence-electron chi connectivity index (χ0n) is 13.2. The van der Waals surface area contributed by atoms with Crippen LogP contribution < -0.4 is 4.74 Å². The molecule has 3 aliphatic rings. The number of ether oxygens (including phenoxy) is 1. The molecule has 0 aromatic heterocycles. The van der Waals surface area contributed by atoms with Crippen molar-refractivity contribution < 1.29 is 14.6 Å². The van der Waals surface area contributed by atoms with Crippen molar-refractivity contribution >= 4 is 5.78 Å². The molecule has 1 N–H and O–H groups in total. The minimum absolute atomic E-state index is 0.0167. The molecular weight excluding hydrogens is 278 g/mol. The van der Waals surface area contributed by atoms with E-state index in [1.165, 1.54) is 0 Å². The summed E-state index contributed by atoms with van der Waals surface area (Å²) in [6.45, 7) is 5.17. The Labute approximate surface area is 130 Å². The van der Waals surface area contributed by atoms with Gasteiger partial charge in [0.25, 0.3) is 0 Å². The molecule has 116 valence electrons. The van der Waals surface area contributed by atoms with Gasteiger partial charge in [-0.2, -0.15) is 0 Å². The normalized spacial score (nSPS) is 36.5. The topological polar surface area (TPSA) is 49.8 Å². The van der Waals surface area contributed by atoms with Crippen LogP contribution in [-0.2, 0) is 10.2 Å². The highest BCUT2D eigenvalue weighted by atomic mass is 16.5. The van der Waals surface area contributed by atoms with Crippen LogP contribution in [0, 0.1) is 12.8 Å². The first-order valence-corrected chi connectivity index (χ1v) is 7.89. The Morgan fingerprint density at radius 2 is 2.18 bits per heavy atom. The number of nitrogens with zero attached hydrogens (tertiary/aromatic N) is 1. The van der Waals surface area contributed by atoms with E-state index in [9.17, 15) is 9.90 Å². The van der Waals surface area contributed by atoms with E-state index < -0.39 is 6.10 Å². The highest BCUT2D eigenvalue weighted by molar-refractivity contribution is 5.98. The number of aryl methyl sites for hydroxylation is 1. The summed E-state index contributed by atoms with van der Waals surface area (Å²) in [4.78, 5) is 14.8. The number of likely N-dealkylation sites (tertiary alicyclic amines) is 1. The molecule has 4 heteroatoms. The molecule has 1 spiro atoms. The van der Waals surface area contributed by atoms with Crippen LogP contribution in [0.15, 0.2) is 24.3 Å². The highest BCUT2D eigenvalue weighted by Gasteiger charge is 2.61. The zero-order valence-corrected chi connectivity index (χ0v) is 13.2. The van der Waals surface area contributed by atoms with Gasteiger partial charge in [0.1, 0.15) is 0 Å². The lowest BCUT2D eigenvalue weighted by molar-refractivity contribution is -0.126. The van der Waals surface area contributed by atoms with Crippen molar-refractivity contribution in [2.75, 3.05) is 13.6 Å². The Bertz CT molecular complexity index is 696. The van der Waals surface area contributed by atoms with Crippen molar-refractivity contribution in [2.24, 2.45) is 5.92 Å². The van der Waals surface area contributed by atoms with Crippen LogP contribution in [0.1, 0.15) is 24.5 Å². The first kappa shape index (κ1) is 13.8. The van der Waals surface area contributed by atoms with Crippen molar-refractivity contribution in [2.45, 2.75) is 37.8 Å². The molecule has 4 nitrogen and oxygen atoms in total. The smallest absolute Gasteiger partial charge is 0.196 e. The van der Waals surface area contributed by atoms with Gasteiger partial charge in [-0.3, -0.25) is 4.79 Å². The van der Waals surface area contributed by atoms with Gasteiger partial charge < -0.3 is 14.7 Å². The van der Waals surface area contributed by atoms with Crippen molar-refractivity contribution in [3.8, 4) is 11.5 Å². The van der Waals surface area contributed by atoms with E-state index in [2.05, 4.69) is 24.9 Å². The van der Waals surface area contributed by atoms with Gasteiger partial charge in [0.15, 0.2) is 23.4 Å². The second-order valence-electron chi connectivity index (χ2n) is 6.90. The number of phenolic OH excluding ortho intramolecular Hbond substituents is 1. The Balaban J connectivity index is 1.99. The van der Waals surface area contributed by atoms with E-state index in [0.717, 1.165) is 24.1 Å². The quantitative estimate of drug-likeness (QED) is 0.798. The van der Waals surface area contributed by atoms with Crippen molar-refractivity contribution in [1.82, 2.24) is 4.90 Å². The van der Waals surface area contributed by atoms with Crippen molar-refractivity contribution in [1.29, 1.82) is 0 Å². The molecule has 1 saturated heterocycles. The van der Waals surface area contributed by atoms with E-state index in [1.54, 1.807) is 12.1 Å². The summed E-state index contributed by atoms with van der Waals surface area (Å²) in [5.74, 6) is 0.894. The average molecular weight is 299 g/mol. The van der Waals surface area contributed by atoms with Crippen LogP contribution in [-0.4, -0.2) is 41.5 Å². The summed E-state index contributed by atoms with van der Waals surface area (Å²) < 4.78 is 6.01. The third-order valence-corrected chi connectivity index (χ3v) is 5.93. The maximum Gasteiger partial charge on any atom is 0.196 e. The molecule has 4 atom stereocenters. The molecule has 0 bridgehead atoms. The first-order valence-electron chi connectivity index (χ1n) is 7.89. The molecule has 1 aliphatic carbocycles. The number of ketones is 1.